The third-order valence-electron chi connectivity index (χ3n) is 4.08. The molecule has 0 aromatic heterocycles. The zero-order valence-corrected chi connectivity index (χ0v) is 11.8. The molecule has 2 heterocycles. The van der Waals surface area contributed by atoms with Gasteiger partial charge in [-0.05, 0) is 33.2 Å². The molecule has 0 radical (unpaired) electrons. The first-order chi connectivity index (χ1) is 8.95. The highest BCUT2D eigenvalue weighted by atomic mass is 16.2. The summed E-state index contributed by atoms with van der Waals surface area (Å²) in [5.74, 6) is -0.140. The van der Waals surface area contributed by atoms with Gasteiger partial charge in [-0.25, -0.2) is 4.79 Å². The summed E-state index contributed by atoms with van der Waals surface area (Å²) in [4.78, 5) is 27.5. The normalized spacial score (nSPS) is 27.7. The first-order valence-electron chi connectivity index (χ1n) is 7.04. The van der Waals surface area contributed by atoms with E-state index in [0.717, 1.165) is 19.5 Å². The van der Waals surface area contributed by atoms with Crippen molar-refractivity contribution in [1.82, 2.24) is 15.1 Å². The summed E-state index contributed by atoms with van der Waals surface area (Å²) < 4.78 is 0. The fourth-order valence-corrected chi connectivity index (χ4v) is 2.87. The average Bonchev–Trinajstić information content (AvgIpc) is 2.57. The van der Waals surface area contributed by atoms with Crippen LogP contribution in [0.5, 0.6) is 0 Å². The van der Waals surface area contributed by atoms with E-state index in [9.17, 15) is 9.59 Å². The summed E-state index contributed by atoms with van der Waals surface area (Å²) in [6.07, 6.45) is 3.50. The van der Waals surface area contributed by atoms with Gasteiger partial charge >= 0.3 is 6.03 Å². The number of nitrogens with two attached hydrogens (primary N) is 1. The second kappa shape index (κ2) is 5.46. The standard InChI is InChI=1S/C13H24N4O2/c1-13(2)11(18)17(12(19)15-13)8-7-16-6-4-3-5-10(16)9-14/h10H,3-9,14H2,1-2H3,(H,15,19). The van der Waals surface area contributed by atoms with E-state index >= 15 is 0 Å². The molecule has 0 saturated carbocycles. The van der Waals surface area contributed by atoms with Crippen LogP contribution in [-0.2, 0) is 4.79 Å². The zero-order valence-electron chi connectivity index (χ0n) is 11.8. The number of imide groups is 1. The Hall–Kier alpha value is -1.14. The molecule has 6 heteroatoms. The number of nitrogens with one attached hydrogen (secondary N) is 1. The molecule has 2 rings (SSSR count). The van der Waals surface area contributed by atoms with Crippen LogP contribution < -0.4 is 11.1 Å². The van der Waals surface area contributed by atoms with Crippen LogP contribution in [0, 0.1) is 0 Å². The second-order valence-corrected chi connectivity index (χ2v) is 5.93. The van der Waals surface area contributed by atoms with Crippen molar-refractivity contribution in [3.8, 4) is 0 Å². The first-order valence-corrected chi connectivity index (χ1v) is 7.04. The van der Waals surface area contributed by atoms with Gasteiger partial charge in [0.25, 0.3) is 5.91 Å². The van der Waals surface area contributed by atoms with E-state index in [2.05, 4.69) is 10.2 Å². The first kappa shape index (κ1) is 14.3. The van der Waals surface area contributed by atoms with Crippen molar-refractivity contribution in [1.29, 1.82) is 0 Å². The molecule has 0 spiro atoms. The molecular formula is C13H24N4O2. The number of hydrogen-bond acceptors (Lipinski definition) is 4. The summed E-state index contributed by atoms with van der Waals surface area (Å²) in [5.41, 5.74) is 5.00. The van der Waals surface area contributed by atoms with E-state index in [1.807, 2.05) is 0 Å². The fraction of sp³-hybridized carbons (Fsp3) is 0.846. The predicted octanol–water partition coefficient (Wildman–Crippen LogP) is 0.130. The van der Waals surface area contributed by atoms with E-state index in [1.54, 1.807) is 13.8 Å². The van der Waals surface area contributed by atoms with Gasteiger partial charge in [0.2, 0.25) is 0 Å². The Kier molecular flexibility index (Phi) is 4.10. The Bertz CT molecular complexity index is 370. The van der Waals surface area contributed by atoms with Crippen LogP contribution in [0.4, 0.5) is 4.79 Å². The summed E-state index contributed by atoms with van der Waals surface area (Å²) in [5, 5.41) is 2.70. The lowest BCUT2D eigenvalue weighted by Gasteiger charge is -2.35. The van der Waals surface area contributed by atoms with Crippen molar-refractivity contribution in [3.05, 3.63) is 0 Å². The van der Waals surface area contributed by atoms with Crippen LogP contribution in [0.2, 0.25) is 0 Å². The van der Waals surface area contributed by atoms with Crippen molar-refractivity contribution in [2.45, 2.75) is 44.7 Å². The molecule has 3 N–H and O–H groups in total. The SMILES string of the molecule is CC1(C)NC(=O)N(CCN2CCCCC2CN)C1=O. The van der Waals surface area contributed by atoms with Crippen molar-refractivity contribution < 1.29 is 9.59 Å². The Balaban J connectivity index is 1.91. The lowest BCUT2D eigenvalue weighted by atomic mass is 10.0. The molecule has 2 fully saturated rings. The summed E-state index contributed by atoms with van der Waals surface area (Å²) >= 11 is 0. The third-order valence-corrected chi connectivity index (χ3v) is 4.08. The lowest BCUT2D eigenvalue weighted by molar-refractivity contribution is -0.130. The number of carbonyl (C=O) groups is 2. The van der Waals surface area contributed by atoms with Crippen LogP contribution >= 0.6 is 0 Å². The minimum Gasteiger partial charge on any atom is -0.329 e. The third kappa shape index (κ3) is 2.90. The highest BCUT2D eigenvalue weighted by Gasteiger charge is 2.44. The number of carbonyl (C=O) groups excluding carboxylic acids is 2. The quantitative estimate of drug-likeness (QED) is 0.710. The number of likely N-dealkylation sites (tertiary alicyclic amines) is 1. The molecule has 6 nitrogen and oxygen atoms in total. The Morgan fingerprint density at radius 3 is 2.63 bits per heavy atom. The van der Waals surface area contributed by atoms with Crippen molar-refractivity contribution >= 4 is 11.9 Å². The maximum Gasteiger partial charge on any atom is 0.325 e. The van der Waals surface area contributed by atoms with Crippen molar-refractivity contribution in [3.63, 3.8) is 0 Å². The topological polar surface area (TPSA) is 78.7 Å². The minimum absolute atomic E-state index is 0.140. The van der Waals surface area contributed by atoms with Gasteiger partial charge < -0.3 is 11.1 Å². The van der Waals surface area contributed by atoms with E-state index < -0.39 is 5.54 Å². The van der Waals surface area contributed by atoms with Gasteiger partial charge in [-0.1, -0.05) is 6.42 Å². The van der Waals surface area contributed by atoms with Crippen molar-refractivity contribution in [2.24, 2.45) is 5.73 Å². The van der Waals surface area contributed by atoms with E-state index in [-0.39, 0.29) is 11.9 Å². The minimum atomic E-state index is -0.772. The van der Waals surface area contributed by atoms with Crippen LogP contribution in [0.25, 0.3) is 0 Å². The monoisotopic (exact) mass is 268 g/mol. The highest BCUT2D eigenvalue weighted by Crippen LogP contribution is 2.19. The molecule has 0 aromatic carbocycles. The molecule has 2 aliphatic rings. The number of hydrogen-bond donors (Lipinski definition) is 2. The van der Waals surface area contributed by atoms with Crippen LogP contribution in [0.1, 0.15) is 33.1 Å². The Morgan fingerprint density at radius 2 is 2.05 bits per heavy atom. The van der Waals surface area contributed by atoms with Crippen LogP contribution in [-0.4, -0.2) is 59.5 Å². The van der Waals surface area contributed by atoms with Gasteiger partial charge in [0.05, 0.1) is 0 Å². The average molecular weight is 268 g/mol. The maximum absolute atomic E-state index is 12.1. The second-order valence-electron chi connectivity index (χ2n) is 5.93. The molecule has 0 aromatic rings. The van der Waals surface area contributed by atoms with Gasteiger partial charge in [-0.2, -0.15) is 0 Å². The van der Waals surface area contributed by atoms with E-state index in [1.165, 1.54) is 17.7 Å². The van der Waals surface area contributed by atoms with Gasteiger partial charge in [-0.3, -0.25) is 14.6 Å². The van der Waals surface area contributed by atoms with Gasteiger partial charge in [0, 0.05) is 25.7 Å². The zero-order chi connectivity index (χ0) is 14.0. The van der Waals surface area contributed by atoms with Crippen LogP contribution in [0.15, 0.2) is 0 Å². The lowest BCUT2D eigenvalue weighted by Crippen LogP contribution is -2.48. The van der Waals surface area contributed by atoms with Gasteiger partial charge in [0.1, 0.15) is 5.54 Å². The maximum atomic E-state index is 12.1. The Labute approximate surface area is 114 Å². The van der Waals surface area contributed by atoms with Gasteiger partial charge in [0.15, 0.2) is 0 Å². The molecular weight excluding hydrogens is 244 g/mol. The molecule has 0 bridgehead atoms. The number of amides is 3. The molecule has 108 valence electrons. The number of piperidine rings is 1. The summed E-state index contributed by atoms with van der Waals surface area (Å²) in [6.45, 7) is 6.29. The number of rotatable bonds is 4. The molecule has 1 unspecified atom stereocenters. The fourth-order valence-electron chi connectivity index (χ4n) is 2.87. The van der Waals surface area contributed by atoms with E-state index in [0.29, 0.717) is 19.1 Å². The van der Waals surface area contributed by atoms with Crippen LogP contribution in [0.3, 0.4) is 0 Å². The number of urea groups is 1. The smallest absolute Gasteiger partial charge is 0.325 e. The predicted molar refractivity (Wildman–Crippen MR) is 72.6 cm³/mol. The molecule has 19 heavy (non-hydrogen) atoms. The van der Waals surface area contributed by atoms with E-state index in [4.69, 9.17) is 5.73 Å². The molecule has 2 aliphatic heterocycles. The highest BCUT2D eigenvalue weighted by molar-refractivity contribution is 6.06. The summed E-state index contributed by atoms with van der Waals surface area (Å²) in [7, 11) is 0. The van der Waals surface area contributed by atoms with Crippen molar-refractivity contribution in [2.75, 3.05) is 26.2 Å². The molecule has 1 atom stereocenters. The van der Waals surface area contributed by atoms with Gasteiger partial charge in [-0.15, -0.1) is 0 Å². The summed E-state index contributed by atoms with van der Waals surface area (Å²) in [6, 6.07) is 0.110. The number of nitrogens with zero attached hydrogens (tertiary/aromatic N) is 2. The molecule has 2 saturated heterocycles. The largest absolute Gasteiger partial charge is 0.329 e. The Morgan fingerprint density at radius 1 is 1.32 bits per heavy atom. The molecule has 0 aliphatic carbocycles. The molecule has 3 amide bonds.